The third-order valence-corrected chi connectivity index (χ3v) is 2.82. The molecule has 1 aromatic rings. The average Bonchev–Trinajstić information content (AvgIpc) is 2.78. The second-order valence-corrected chi connectivity index (χ2v) is 4.03. The van der Waals surface area contributed by atoms with Crippen molar-refractivity contribution >= 4 is 5.78 Å². The van der Waals surface area contributed by atoms with E-state index in [0.717, 1.165) is 5.56 Å². The van der Waals surface area contributed by atoms with Crippen molar-refractivity contribution in [2.45, 2.75) is 6.42 Å². The molecule has 0 radical (unpaired) electrons. The van der Waals surface area contributed by atoms with Gasteiger partial charge in [-0.05, 0) is 24.6 Å². The van der Waals surface area contributed by atoms with Crippen molar-refractivity contribution in [3.05, 3.63) is 47.6 Å². The van der Waals surface area contributed by atoms with E-state index in [1.165, 1.54) is 0 Å². The van der Waals surface area contributed by atoms with Crippen LogP contribution in [-0.4, -0.2) is 19.5 Å². The molecule has 19 heavy (non-hydrogen) atoms. The normalized spacial score (nSPS) is 13.6. The van der Waals surface area contributed by atoms with Crippen molar-refractivity contribution in [1.29, 1.82) is 0 Å². The van der Waals surface area contributed by atoms with Crippen LogP contribution >= 0.6 is 0 Å². The van der Waals surface area contributed by atoms with Gasteiger partial charge in [0.05, 0.1) is 12.7 Å². The number of ketones is 1. The third-order valence-electron chi connectivity index (χ3n) is 2.82. The number of Topliss-reactive ketones (excluding diaryl/α,β-unsaturated/α-hetero) is 1. The summed E-state index contributed by atoms with van der Waals surface area (Å²) in [6, 6.07) is 3.60. The highest BCUT2D eigenvalue weighted by atomic mass is 16.5. The van der Waals surface area contributed by atoms with Crippen LogP contribution in [-0.2, 0) is 6.42 Å². The maximum Gasteiger partial charge on any atom is 0.204 e. The maximum absolute atomic E-state index is 11.6. The first-order valence-electron chi connectivity index (χ1n) is 5.91. The Bertz CT molecular complexity index is 589. The lowest BCUT2D eigenvalue weighted by atomic mass is 10.0. The topological polar surface area (TPSA) is 35.5 Å². The van der Waals surface area contributed by atoms with Crippen LogP contribution < -0.4 is 9.47 Å². The predicted molar refractivity (Wildman–Crippen MR) is 73.6 cm³/mol. The Hall–Kier alpha value is -2.47. The molecule has 0 saturated heterocycles. The summed E-state index contributed by atoms with van der Waals surface area (Å²) < 4.78 is 10.6. The second kappa shape index (κ2) is 5.92. The summed E-state index contributed by atoms with van der Waals surface area (Å²) in [4.78, 5) is 11.6. The van der Waals surface area contributed by atoms with Crippen LogP contribution in [0.3, 0.4) is 0 Å². The Kier molecular flexibility index (Phi) is 4.04. The molecule has 3 heteroatoms. The lowest BCUT2D eigenvalue weighted by Gasteiger charge is -2.08. The minimum atomic E-state index is -0.00709. The van der Waals surface area contributed by atoms with Gasteiger partial charge in [-0.3, -0.25) is 4.79 Å². The molecule has 0 unspecified atom stereocenters. The SMILES string of the molecule is C#C/C=C\C=C/Cc1cc2c(cc1OC)C(=O)CO2. The quantitative estimate of drug-likeness (QED) is 0.612. The van der Waals surface area contributed by atoms with Crippen molar-refractivity contribution in [3.8, 4) is 23.8 Å². The van der Waals surface area contributed by atoms with E-state index in [2.05, 4.69) is 5.92 Å². The number of carbonyl (C=O) groups excluding carboxylic acids is 1. The second-order valence-electron chi connectivity index (χ2n) is 4.03. The molecule has 1 aromatic carbocycles. The van der Waals surface area contributed by atoms with E-state index in [-0.39, 0.29) is 12.4 Å². The number of fused-ring (bicyclic) bond motifs is 1. The number of hydrogen-bond acceptors (Lipinski definition) is 3. The van der Waals surface area contributed by atoms with Crippen molar-refractivity contribution in [2.24, 2.45) is 0 Å². The molecule has 0 fully saturated rings. The van der Waals surface area contributed by atoms with E-state index in [1.54, 1.807) is 25.3 Å². The van der Waals surface area contributed by atoms with Gasteiger partial charge in [-0.15, -0.1) is 6.42 Å². The Balaban J connectivity index is 2.21. The number of carbonyl (C=O) groups is 1. The van der Waals surface area contributed by atoms with Gasteiger partial charge in [0.2, 0.25) is 5.78 Å². The molecule has 1 aliphatic rings. The van der Waals surface area contributed by atoms with Gasteiger partial charge in [-0.2, -0.15) is 0 Å². The first-order chi connectivity index (χ1) is 9.26. The number of hydrogen-bond donors (Lipinski definition) is 0. The summed E-state index contributed by atoms with van der Waals surface area (Å²) in [7, 11) is 1.59. The van der Waals surface area contributed by atoms with Crippen LogP contribution in [0.4, 0.5) is 0 Å². The van der Waals surface area contributed by atoms with Gasteiger partial charge < -0.3 is 9.47 Å². The molecule has 1 aliphatic heterocycles. The van der Waals surface area contributed by atoms with Crippen LogP contribution in [0.25, 0.3) is 0 Å². The molecule has 0 aromatic heterocycles. The molecule has 96 valence electrons. The monoisotopic (exact) mass is 254 g/mol. The molecule has 3 nitrogen and oxygen atoms in total. The Morgan fingerprint density at radius 2 is 2.32 bits per heavy atom. The fraction of sp³-hybridized carbons (Fsp3) is 0.188. The summed E-state index contributed by atoms with van der Waals surface area (Å²) in [5.74, 6) is 3.74. The molecule has 2 rings (SSSR count). The number of terminal acetylenes is 1. The largest absolute Gasteiger partial charge is 0.496 e. The van der Waals surface area contributed by atoms with Gasteiger partial charge in [0, 0.05) is 5.56 Å². The van der Waals surface area contributed by atoms with E-state index >= 15 is 0 Å². The van der Waals surface area contributed by atoms with Crippen LogP contribution in [0.5, 0.6) is 11.5 Å². The van der Waals surface area contributed by atoms with E-state index in [0.29, 0.717) is 23.5 Å². The smallest absolute Gasteiger partial charge is 0.204 e. The Morgan fingerprint density at radius 3 is 3.05 bits per heavy atom. The van der Waals surface area contributed by atoms with Gasteiger partial charge in [0.1, 0.15) is 11.5 Å². The lowest BCUT2D eigenvalue weighted by Crippen LogP contribution is -1.99. The Labute approximate surface area is 112 Å². The van der Waals surface area contributed by atoms with Crippen molar-refractivity contribution in [2.75, 3.05) is 13.7 Å². The number of allylic oxidation sites excluding steroid dienone is 4. The maximum atomic E-state index is 11.6. The fourth-order valence-corrected chi connectivity index (χ4v) is 1.89. The zero-order valence-electron chi connectivity index (χ0n) is 10.7. The summed E-state index contributed by atoms with van der Waals surface area (Å²) in [6.45, 7) is 0.114. The highest BCUT2D eigenvalue weighted by Crippen LogP contribution is 2.33. The van der Waals surface area contributed by atoms with Gasteiger partial charge >= 0.3 is 0 Å². The molecule has 0 atom stereocenters. The number of ether oxygens (including phenoxy) is 2. The predicted octanol–water partition coefficient (Wildman–Crippen LogP) is 2.56. The van der Waals surface area contributed by atoms with Crippen LogP contribution in [0.2, 0.25) is 0 Å². The molecule has 0 bridgehead atoms. The van der Waals surface area contributed by atoms with Crippen molar-refractivity contribution < 1.29 is 14.3 Å². The number of benzene rings is 1. The molecule has 0 spiro atoms. The standard InChI is InChI=1S/C16H14O3/c1-3-4-5-6-7-8-12-9-16-13(10-15(12)18-2)14(17)11-19-16/h1,4-7,9-10H,8,11H2,2H3/b5-4-,7-6-. The van der Waals surface area contributed by atoms with Gasteiger partial charge in [0.15, 0.2) is 6.61 Å². The zero-order valence-corrected chi connectivity index (χ0v) is 10.7. The molecular formula is C16H14O3. The van der Waals surface area contributed by atoms with Crippen LogP contribution in [0, 0.1) is 12.3 Å². The number of rotatable bonds is 4. The van der Waals surface area contributed by atoms with Crippen LogP contribution in [0.15, 0.2) is 36.4 Å². The number of methoxy groups -OCH3 is 1. The summed E-state index contributed by atoms with van der Waals surface area (Å²) in [5, 5.41) is 0. The molecule has 0 saturated carbocycles. The molecule has 0 aliphatic carbocycles. The van der Waals surface area contributed by atoms with E-state index in [9.17, 15) is 4.79 Å². The summed E-state index contributed by atoms with van der Waals surface area (Å²) in [6.07, 6.45) is 13.0. The third kappa shape index (κ3) is 2.86. The average molecular weight is 254 g/mol. The molecule has 0 amide bonds. The molecule has 0 N–H and O–H groups in total. The van der Waals surface area contributed by atoms with Gasteiger partial charge in [-0.1, -0.05) is 24.1 Å². The van der Waals surface area contributed by atoms with E-state index in [4.69, 9.17) is 15.9 Å². The van der Waals surface area contributed by atoms with Crippen molar-refractivity contribution in [3.63, 3.8) is 0 Å². The fourth-order valence-electron chi connectivity index (χ4n) is 1.89. The first-order valence-corrected chi connectivity index (χ1v) is 5.91. The summed E-state index contributed by atoms with van der Waals surface area (Å²) >= 11 is 0. The van der Waals surface area contributed by atoms with Crippen LogP contribution in [0.1, 0.15) is 15.9 Å². The first kappa shape index (κ1) is 13.0. The highest BCUT2D eigenvalue weighted by molar-refractivity contribution is 6.02. The Morgan fingerprint density at radius 1 is 1.47 bits per heavy atom. The molecule has 1 heterocycles. The zero-order chi connectivity index (χ0) is 13.7. The minimum Gasteiger partial charge on any atom is -0.496 e. The summed E-state index contributed by atoms with van der Waals surface area (Å²) in [5.41, 5.74) is 1.57. The minimum absolute atomic E-state index is 0.00709. The van der Waals surface area contributed by atoms with E-state index in [1.807, 2.05) is 18.2 Å². The lowest BCUT2D eigenvalue weighted by molar-refractivity contribution is 0.0961. The van der Waals surface area contributed by atoms with Crippen molar-refractivity contribution in [1.82, 2.24) is 0 Å². The highest BCUT2D eigenvalue weighted by Gasteiger charge is 2.23. The van der Waals surface area contributed by atoms with Gasteiger partial charge in [-0.25, -0.2) is 0 Å². The van der Waals surface area contributed by atoms with Gasteiger partial charge in [0.25, 0.3) is 0 Å². The van der Waals surface area contributed by atoms with E-state index < -0.39 is 0 Å². The molecular weight excluding hydrogens is 240 g/mol.